The van der Waals surface area contributed by atoms with Crippen LogP contribution < -0.4 is 0 Å². The summed E-state index contributed by atoms with van der Waals surface area (Å²) in [5.74, 6) is 0.793. The van der Waals surface area contributed by atoms with Crippen LogP contribution in [0.15, 0.2) is 28.7 Å². The highest BCUT2D eigenvalue weighted by Gasteiger charge is 2.24. The number of nitrogens with zero attached hydrogens (tertiary/aromatic N) is 3. The van der Waals surface area contributed by atoms with Crippen molar-refractivity contribution in [2.45, 2.75) is 13.0 Å². The molecular weight excluding hydrogens is 254 g/mol. The van der Waals surface area contributed by atoms with Crippen LogP contribution in [-0.2, 0) is 0 Å². The third-order valence-corrected chi connectivity index (χ3v) is 4.04. The first-order valence-corrected chi connectivity index (χ1v) is 7.20. The fourth-order valence-corrected chi connectivity index (χ4v) is 2.74. The van der Waals surface area contributed by atoms with Crippen molar-refractivity contribution in [3.63, 3.8) is 0 Å². The van der Waals surface area contributed by atoms with Gasteiger partial charge >= 0.3 is 0 Å². The number of para-hydroxylation sites is 2. The Balaban J connectivity index is 1.68. The molecule has 0 spiro atoms. The predicted molar refractivity (Wildman–Crippen MR) is 77.5 cm³/mol. The Hall–Kier alpha value is -1.43. The van der Waals surface area contributed by atoms with Crippen molar-refractivity contribution in [3.8, 4) is 0 Å². The van der Waals surface area contributed by atoms with Crippen LogP contribution in [0.5, 0.6) is 0 Å². The van der Waals surface area contributed by atoms with E-state index < -0.39 is 0 Å². The number of hydrogen-bond acceptors (Lipinski definition) is 5. The van der Waals surface area contributed by atoms with Gasteiger partial charge in [0.1, 0.15) is 5.52 Å². The minimum Gasteiger partial charge on any atom is -0.439 e. The minimum atomic E-state index is 0.193. The van der Waals surface area contributed by atoms with Gasteiger partial charge in [-0.1, -0.05) is 12.1 Å². The normalized spacial score (nSPS) is 19.5. The van der Waals surface area contributed by atoms with Crippen molar-refractivity contribution in [2.75, 3.05) is 39.3 Å². The summed E-state index contributed by atoms with van der Waals surface area (Å²) in [7, 11) is 0. The quantitative estimate of drug-likeness (QED) is 0.916. The van der Waals surface area contributed by atoms with Crippen molar-refractivity contribution in [1.82, 2.24) is 14.8 Å². The Bertz CT molecular complexity index is 528. The Morgan fingerprint density at radius 3 is 2.70 bits per heavy atom. The summed E-state index contributed by atoms with van der Waals surface area (Å²) >= 11 is 0. The van der Waals surface area contributed by atoms with Crippen molar-refractivity contribution in [2.24, 2.45) is 0 Å². The van der Waals surface area contributed by atoms with E-state index >= 15 is 0 Å². The first-order chi connectivity index (χ1) is 9.78. The number of rotatable bonds is 4. The lowest BCUT2D eigenvalue weighted by Crippen LogP contribution is -2.47. The number of piperazine rings is 1. The number of benzene rings is 1. The molecule has 2 aromatic rings. The minimum absolute atomic E-state index is 0.193. The lowest BCUT2D eigenvalue weighted by Gasteiger charge is -2.36. The van der Waals surface area contributed by atoms with Gasteiger partial charge in [-0.15, -0.1) is 0 Å². The first-order valence-electron chi connectivity index (χ1n) is 7.20. The van der Waals surface area contributed by atoms with Gasteiger partial charge in [0.25, 0.3) is 0 Å². The zero-order valence-corrected chi connectivity index (χ0v) is 11.8. The average molecular weight is 275 g/mol. The maximum atomic E-state index is 8.97. The highest BCUT2D eigenvalue weighted by atomic mass is 16.3. The van der Waals surface area contributed by atoms with Crippen LogP contribution in [0.1, 0.15) is 18.9 Å². The average Bonchev–Trinajstić information content (AvgIpc) is 2.91. The third-order valence-electron chi connectivity index (χ3n) is 4.04. The van der Waals surface area contributed by atoms with E-state index in [9.17, 15) is 0 Å². The van der Waals surface area contributed by atoms with Crippen molar-refractivity contribution in [1.29, 1.82) is 0 Å². The van der Waals surface area contributed by atoms with Crippen LogP contribution in [-0.4, -0.2) is 59.2 Å². The lowest BCUT2D eigenvalue weighted by atomic mass is 10.2. The monoisotopic (exact) mass is 275 g/mol. The van der Waals surface area contributed by atoms with E-state index in [1.54, 1.807) is 0 Å². The molecule has 1 unspecified atom stereocenters. The molecule has 0 aliphatic carbocycles. The zero-order chi connectivity index (χ0) is 13.9. The second-order valence-corrected chi connectivity index (χ2v) is 5.30. The number of hydrogen-bond donors (Lipinski definition) is 1. The van der Waals surface area contributed by atoms with Gasteiger partial charge in [-0.2, -0.15) is 0 Å². The molecule has 3 rings (SSSR count). The summed E-state index contributed by atoms with van der Waals surface area (Å²) in [5, 5.41) is 8.97. The van der Waals surface area contributed by atoms with E-state index in [2.05, 4.69) is 21.7 Å². The summed E-state index contributed by atoms with van der Waals surface area (Å²) in [6.07, 6.45) is 0. The topological polar surface area (TPSA) is 52.7 Å². The first kappa shape index (κ1) is 13.5. The Morgan fingerprint density at radius 1 is 1.25 bits per heavy atom. The van der Waals surface area contributed by atoms with Crippen LogP contribution in [0, 0.1) is 0 Å². The molecular formula is C15H21N3O2. The molecule has 1 fully saturated rings. The van der Waals surface area contributed by atoms with Gasteiger partial charge in [-0.25, -0.2) is 4.98 Å². The maximum Gasteiger partial charge on any atom is 0.212 e. The highest BCUT2D eigenvalue weighted by molar-refractivity contribution is 5.72. The Morgan fingerprint density at radius 2 is 2.00 bits per heavy atom. The standard InChI is InChI=1S/C15H21N3O2/c1-12(18-8-6-17(7-9-18)10-11-19)15-16-13-4-2-3-5-14(13)20-15/h2-5,12,19H,6-11H2,1H3. The molecule has 0 bridgehead atoms. The second kappa shape index (κ2) is 5.91. The molecule has 1 aromatic carbocycles. The smallest absolute Gasteiger partial charge is 0.212 e. The molecule has 1 saturated heterocycles. The van der Waals surface area contributed by atoms with Gasteiger partial charge in [0.05, 0.1) is 12.6 Å². The summed E-state index contributed by atoms with van der Waals surface area (Å²) in [6, 6.07) is 8.08. The van der Waals surface area contributed by atoms with Gasteiger partial charge < -0.3 is 9.52 Å². The molecule has 1 N–H and O–H groups in total. The molecule has 0 radical (unpaired) electrons. The highest BCUT2D eigenvalue weighted by Crippen LogP contribution is 2.24. The van der Waals surface area contributed by atoms with E-state index in [1.807, 2.05) is 24.3 Å². The number of β-amino-alcohol motifs (C(OH)–C–C–N with tert-alkyl or cyclic N) is 1. The molecule has 1 aliphatic heterocycles. The SMILES string of the molecule is CC(c1nc2ccccc2o1)N1CCN(CCO)CC1. The van der Waals surface area contributed by atoms with E-state index in [0.29, 0.717) is 0 Å². The zero-order valence-electron chi connectivity index (χ0n) is 11.8. The molecule has 0 saturated carbocycles. The van der Waals surface area contributed by atoms with Crippen LogP contribution in [0.3, 0.4) is 0 Å². The molecule has 2 heterocycles. The molecule has 1 aromatic heterocycles. The molecule has 1 aliphatic rings. The molecule has 108 valence electrons. The maximum absolute atomic E-state index is 8.97. The lowest BCUT2D eigenvalue weighted by molar-refractivity contribution is 0.0806. The number of aliphatic hydroxyl groups is 1. The van der Waals surface area contributed by atoms with Gasteiger partial charge in [0.2, 0.25) is 5.89 Å². The predicted octanol–water partition coefficient (Wildman–Crippen LogP) is 1.50. The number of aromatic nitrogens is 1. The van der Waals surface area contributed by atoms with Gasteiger partial charge in [0, 0.05) is 32.7 Å². The molecule has 5 nitrogen and oxygen atoms in total. The second-order valence-electron chi connectivity index (χ2n) is 5.30. The van der Waals surface area contributed by atoms with Gasteiger partial charge in [-0.05, 0) is 19.1 Å². The van der Waals surface area contributed by atoms with Gasteiger partial charge in [0.15, 0.2) is 5.58 Å². The Labute approximate surface area is 118 Å². The fraction of sp³-hybridized carbons (Fsp3) is 0.533. The fourth-order valence-electron chi connectivity index (χ4n) is 2.74. The third kappa shape index (κ3) is 2.70. The summed E-state index contributed by atoms with van der Waals surface area (Å²) in [6.45, 7) is 7.11. The molecule has 0 amide bonds. The van der Waals surface area contributed by atoms with E-state index in [0.717, 1.165) is 49.7 Å². The van der Waals surface area contributed by atoms with Crippen LogP contribution in [0.25, 0.3) is 11.1 Å². The van der Waals surface area contributed by atoms with Crippen LogP contribution in [0.4, 0.5) is 0 Å². The molecule has 5 heteroatoms. The Kier molecular flexibility index (Phi) is 4.00. The van der Waals surface area contributed by atoms with E-state index in [-0.39, 0.29) is 12.6 Å². The van der Waals surface area contributed by atoms with Gasteiger partial charge in [-0.3, -0.25) is 9.80 Å². The summed E-state index contributed by atoms with van der Waals surface area (Å²) < 4.78 is 5.85. The van der Waals surface area contributed by atoms with E-state index in [4.69, 9.17) is 9.52 Å². The molecule has 1 atom stereocenters. The largest absolute Gasteiger partial charge is 0.439 e. The number of aliphatic hydroxyl groups excluding tert-OH is 1. The number of fused-ring (bicyclic) bond motifs is 1. The van der Waals surface area contributed by atoms with Crippen LogP contribution in [0.2, 0.25) is 0 Å². The summed E-state index contributed by atoms with van der Waals surface area (Å²) in [4.78, 5) is 9.26. The van der Waals surface area contributed by atoms with Crippen molar-refractivity contribution < 1.29 is 9.52 Å². The summed E-state index contributed by atoms with van der Waals surface area (Å²) in [5.41, 5.74) is 1.78. The molecule has 20 heavy (non-hydrogen) atoms. The van der Waals surface area contributed by atoms with Crippen molar-refractivity contribution in [3.05, 3.63) is 30.2 Å². The van der Waals surface area contributed by atoms with Crippen LogP contribution >= 0.6 is 0 Å². The van der Waals surface area contributed by atoms with Crippen molar-refractivity contribution >= 4 is 11.1 Å². The number of oxazole rings is 1. The van der Waals surface area contributed by atoms with E-state index in [1.165, 1.54) is 0 Å².